The van der Waals surface area contributed by atoms with Gasteiger partial charge in [-0.3, -0.25) is 0 Å². The molecule has 4 heteroatoms. The Morgan fingerprint density at radius 3 is 2.32 bits per heavy atom. The summed E-state index contributed by atoms with van der Waals surface area (Å²) in [5, 5.41) is 3.74. The van der Waals surface area contributed by atoms with E-state index in [9.17, 15) is 4.79 Å². The molecule has 1 N–H and O–H groups in total. The van der Waals surface area contributed by atoms with Gasteiger partial charge >= 0.3 is 6.09 Å². The van der Waals surface area contributed by atoms with Gasteiger partial charge in [0.25, 0.3) is 0 Å². The van der Waals surface area contributed by atoms with Crippen molar-refractivity contribution in [3.05, 3.63) is 0 Å². The fraction of sp³-hybridized carbons (Fsp3) is 0.944. The zero-order chi connectivity index (χ0) is 16.2. The van der Waals surface area contributed by atoms with Gasteiger partial charge in [0.1, 0.15) is 5.60 Å². The first-order valence-corrected chi connectivity index (χ1v) is 9.06. The lowest BCUT2D eigenvalue weighted by molar-refractivity contribution is 0.0183. The molecule has 0 spiro atoms. The van der Waals surface area contributed by atoms with Crippen molar-refractivity contribution in [2.75, 3.05) is 19.6 Å². The second-order valence-electron chi connectivity index (χ2n) is 8.15. The minimum Gasteiger partial charge on any atom is -0.444 e. The number of amides is 1. The molecule has 2 aliphatic rings. The van der Waals surface area contributed by atoms with Crippen LogP contribution in [-0.4, -0.2) is 42.3 Å². The summed E-state index contributed by atoms with van der Waals surface area (Å²) in [6.07, 6.45) is 7.62. The van der Waals surface area contributed by atoms with Gasteiger partial charge in [-0.2, -0.15) is 0 Å². The van der Waals surface area contributed by atoms with E-state index in [-0.39, 0.29) is 6.09 Å². The molecule has 0 radical (unpaired) electrons. The smallest absolute Gasteiger partial charge is 0.410 e. The fourth-order valence-corrected chi connectivity index (χ4v) is 3.62. The Kier molecular flexibility index (Phi) is 6.13. The minimum atomic E-state index is -0.397. The number of carbonyl (C=O) groups excluding carboxylic acids is 1. The van der Waals surface area contributed by atoms with Crippen LogP contribution in [0.1, 0.15) is 66.2 Å². The van der Waals surface area contributed by atoms with Gasteiger partial charge in [0, 0.05) is 19.1 Å². The summed E-state index contributed by atoms with van der Waals surface area (Å²) in [5.74, 6) is 1.57. The van der Waals surface area contributed by atoms with E-state index in [0.29, 0.717) is 12.0 Å². The van der Waals surface area contributed by atoms with Crippen LogP contribution in [0, 0.1) is 11.8 Å². The molecular formula is C18H34N2O2. The Morgan fingerprint density at radius 2 is 1.77 bits per heavy atom. The fourth-order valence-electron chi connectivity index (χ4n) is 3.62. The van der Waals surface area contributed by atoms with Gasteiger partial charge in [-0.05, 0) is 71.8 Å². The number of hydrogen-bond donors (Lipinski definition) is 1. The van der Waals surface area contributed by atoms with Crippen LogP contribution in [0.2, 0.25) is 0 Å². The van der Waals surface area contributed by atoms with Crippen molar-refractivity contribution in [2.45, 2.75) is 77.9 Å². The summed E-state index contributed by atoms with van der Waals surface area (Å²) in [6.45, 7) is 10.9. The lowest BCUT2D eigenvalue weighted by Crippen LogP contribution is -2.44. The van der Waals surface area contributed by atoms with E-state index in [2.05, 4.69) is 12.2 Å². The number of nitrogens with one attached hydrogen (secondary N) is 1. The van der Waals surface area contributed by atoms with Gasteiger partial charge in [0.2, 0.25) is 0 Å². The van der Waals surface area contributed by atoms with E-state index in [0.717, 1.165) is 38.4 Å². The van der Waals surface area contributed by atoms with E-state index in [1.165, 1.54) is 25.7 Å². The topological polar surface area (TPSA) is 41.6 Å². The predicted octanol–water partition coefficient (Wildman–Crippen LogP) is 3.80. The Balaban J connectivity index is 1.65. The average Bonchev–Trinajstić information content (AvgIpc) is 2.97. The molecule has 2 rings (SSSR count). The highest BCUT2D eigenvalue weighted by Crippen LogP contribution is 2.28. The van der Waals surface area contributed by atoms with Gasteiger partial charge in [-0.1, -0.05) is 12.8 Å². The molecule has 128 valence electrons. The van der Waals surface area contributed by atoms with Crippen molar-refractivity contribution < 1.29 is 9.53 Å². The third-order valence-corrected chi connectivity index (χ3v) is 5.10. The Labute approximate surface area is 136 Å². The van der Waals surface area contributed by atoms with Crippen LogP contribution < -0.4 is 5.32 Å². The highest BCUT2D eigenvalue weighted by molar-refractivity contribution is 5.68. The SMILES string of the molecule is C[C@H](NCC1CCN(C(=O)OC(C)(C)C)CC1)C1CCCC1. The van der Waals surface area contributed by atoms with Crippen LogP contribution in [-0.2, 0) is 4.74 Å². The number of ether oxygens (including phenoxy) is 1. The lowest BCUT2D eigenvalue weighted by Gasteiger charge is -2.34. The first-order valence-electron chi connectivity index (χ1n) is 9.06. The molecule has 1 saturated carbocycles. The molecule has 0 aromatic carbocycles. The van der Waals surface area contributed by atoms with Gasteiger partial charge in [-0.25, -0.2) is 4.79 Å². The van der Waals surface area contributed by atoms with Gasteiger partial charge < -0.3 is 15.0 Å². The molecule has 1 aliphatic heterocycles. The Bertz CT molecular complexity index is 351. The van der Waals surface area contributed by atoms with Gasteiger partial charge in [0.15, 0.2) is 0 Å². The summed E-state index contributed by atoms with van der Waals surface area (Å²) in [5.41, 5.74) is -0.397. The first-order chi connectivity index (χ1) is 10.3. The molecule has 1 atom stereocenters. The molecule has 0 unspecified atom stereocenters. The lowest BCUT2D eigenvalue weighted by atomic mass is 9.95. The number of nitrogens with zero attached hydrogens (tertiary/aromatic N) is 1. The number of hydrogen-bond acceptors (Lipinski definition) is 3. The van der Waals surface area contributed by atoms with Crippen molar-refractivity contribution in [3.8, 4) is 0 Å². The third kappa shape index (κ3) is 5.45. The number of rotatable bonds is 4. The molecule has 1 amide bonds. The van der Waals surface area contributed by atoms with Crippen LogP contribution >= 0.6 is 0 Å². The molecule has 1 heterocycles. The second-order valence-corrected chi connectivity index (χ2v) is 8.15. The average molecular weight is 310 g/mol. The van der Waals surface area contributed by atoms with E-state index in [4.69, 9.17) is 4.74 Å². The van der Waals surface area contributed by atoms with E-state index in [1.54, 1.807) is 0 Å². The summed E-state index contributed by atoms with van der Waals surface area (Å²) in [4.78, 5) is 13.9. The van der Waals surface area contributed by atoms with Crippen molar-refractivity contribution >= 4 is 6.09 Å². The van der Waals surface area contributed by atoms with E-state index < -0.39 is 5.60 Å². The molecule has 0 bridgehead atoms. The standard InChI is InChI=1S/C18H34N2O2/c1-14(16-7-5-6-8-16)19-13-15-9-11-20(12-10-15)17(21)22-18(2,3)4/h14-16,19H,5-13H2,1-4H3/t14-/m0/s1. The molecular weight excluding hydrogens is 276 g/mol. The predicted molar refractivity (Wildman–Crippen MR) is 90.0 cm³/mol. The van der Waals surface area contributed by atoms with Crippen molar-refractivity contribution in [3.63, 3.8) is 0 Å². The monoisotopic (exact) mass is 310 g/mol. The molecule has 1 aliphatic carbocycles. The Morgan fingerprint density at radius 1 is 1.18 bits per heavy atom. The second kappa shape index (κ2) is 7.67. The van der Waals surface area contributed by atoms with Crippen molar-refractivity contribution in [2.24, 2.45) is 11.8 Å². The van der Waals surface area contributed by atoms with Crippen LogP contribution in [0.15, 0.2) is 0 Å². The summed E-state index contributed by atoms with van der Waals surface area (Å²) in [7, 11) is 0. The zero-order valence-electron chi connectivity index (χ0n) is 14.9. The molecule has 4 nitrogen and oxygen atoms in total. The summed E-state index contributed by atoms with van der Waals surface area (Å²) >= 11 is 0. The van der Waals surface area contributed by atoms with Crippen molar-refractivity contribution in [1.29, 1.82) is 0 Å². The summed E-state index contributed by atoms with van der Waals surface area (Å²) < 4.78 is 5.45. The van der Waals surface area contributed by atoms with Crippen LogP contribution in [0.5, 0.6) is 0 Å². The van der Waals surface area contributed by atoms with E-state index in [1.807, 2.05) is 25.7 Å². The maximum absolute atomic E-state index is 12.0. The number of likely N-dealkylation sites (tertiary alicyclic amines) is 1. The van der Waals surface area contributed by atoms with Crippen LogP contribution in [0.3, 0.4) is 0 Å². The first kappa shape index (κ1) is 17.6. The molecule has 0 aromatic heterocycles. The largest absolute Gasteiger partial charge is 0.444 e. The highest BCUT2D eigenvalue weighted by atomic mass is 16.6. The van der Waals surface area contributed by atoms with Crippen molar-refractivity contribution in [1.82, 2.24) is 10.2 Å². The zero-order valence-corrected chi connectivity index (χ0v) is 14.9. The normalized spacial score (nSPS) is 22.8. The molecule has 1 saturated heterocycles. The van der Waals surface area contributed by atoms with Crippen LogP contribution in [0.25, 0.3) is 0 Å². The third-order valence-electron chi connectivity index (χ3n) is 5.10. The van der Waals surface area contributed by atoms with Gasteiger partial charge in [0.05, 0.1) is 0 Å². The number of piperidine rings is 1. The summed E-state index contributed by atoms with van der Waals surface area (Å²) in [6, 6.07) is 0.645. The maximum Gasteiger partial charge on any atom is 0.410 e. The van der Waals surface area contributed by atoms with E-state index >= 15 is 0 Å². The molecule has 2 fully saturated rings. The minimum absolute atomic E-state index is 0.154. The quantitative estimate of drug-likeness (QED) is 0.858. The number of carbonyl (C=O) groups is 1. The van der Waals surface area contributed by atoms with Crippen LogP contribution in [0.4, 0.5) is 4.79 Å². The van der Waals surface area contributed by atoms with Gasteiger partial charge in [-0.15, -0.1) is 0 Å². The highest BCUT2D eigenvalue weighted by Gasteiger charge is 2.27. The molecule has 22 heavy (non-hydrogen) atoms. The Hall–Kier alpha value is -0.770. The maximum atomic E-state index is 12.0. The molecule has 0 aromatic rings.